The van der Waals surface area contributed by atoms with E-state index < -0.39 is 10.0 Å². The minimum atomic E-state index is -3.08. The number of hydrogen-bond donors (Lipinski definition) is 1. The molecule has 8 heteroatoms. The third kappa shape index (κ3) is 5.36. The van der Waals surface area contributed by atoms with Gasteiger partial charge in [0.15, 0.2) is 0 Å². The molecule has 0 radical (unpaired) electrons. The smallest absolute Gasteiger partial charge is 0.211 e. The molecule has 0 bridgehead atoms. The molecule has 1 N–H and O–H groups in total. The van der Waals surface area contributed by atoms with Crippen molar-refractivity contribution in [1.29, 1.82) is 0 Å². The van der Waals surface area contributed by atoms with E-state index in [2.05, 4.69) is 33.3 Å². The Morgan fingerprint density at radius 3 is 2.52 bits per heavy atom. The Kier molecular flexibility index (Phi) is 7.32. The minimum absolute atomic E-state index is 0.520. The number of hydrogen-bond acceptors (Lipinski definition) is 4. The molecular weight excluding hydrogens is 356 g/mol. The highest BCUT2D eigenvalue weighted by molar-refractivity contribution is 9.10. The summed E-state index contributed by atoms with van der Waals surface area (Å²) in [6.07, 6.45) is 2.94. The molecule has 0 spiro atoms. The molecule has 0 amide bonds. The lowest BCUT2D eigenvalue weighted by atomic mass is 10.3. The van der Waals surface area contributed by atoms with Crippen LogP contribution in [0.25, 0.3) is 0 Å². The highest BCUT2D eigenvalue weighted by Crippen LogP contribution is 2.21. The Morgan fingerprint density at radius 1 is 1.38 bits per heavy atom. The van der Waals surface area contributed by atoms with Crippen LogP contribution < -0.4 is 5.32 Å². The lowest BCUT2D eigenvalue weighted by molar-refractivity contribution is 0.418. The fraction of sp³-hybridized carbons (Fsp3) is 0.769. The van der Waals surface area contributed by atoms with Crippen molar-refractivity contribution < 1.29 is 8.42 Å². The van der Waals surface area contributed by atoms with E-state index in [1.165, 1.54) is 10.6 Å². The average Bonchev–Trinajstić information content (AvgIpc) is 2.68. The van der Waals surface area contributed by atoms with Crippen LogP contribution in [0, 0.1) is 0 Å². The zero-order valence-electron chi connectivity index (χ0n) is 13.2. The maximum atomic E-state index is 11.5. The van der Waals surface area contributed by atoms with Gasteiger partial charge in [-0.1, -0.05) is 13.8 Å². The average molecular weight is 381 g/mol. The predicted octanol–water partition coefficient (Wildman–Crippen LogP) is 1.51. The molecule has 1 heterocycles. The molecule has 122 valence electrons. The summed E-state index contributed by atoms with van der Waals surface area (Å²) >= 11 is 3.58. The third-order valence-electron chi connectivity index (χ3n) is 3.38. The molecule has 6 nitrogen and oxygen atoms in total. The number of aryl methyl sites for hydroxylation is 2. The molecule has 0 fully saturated rings. The van der Waals surface area contributed by atoms with E-state index in [9.17, 15) is 8.42 Å². The van der Waals surface area contributed by atoms with Gasteiger partial charge in [0, 0.05) is 26.7 Å². The Morgan fingerprint density at radius 2 is 2.05 bits per heavy atom. The van der Waals surface area contributed by atoms with Crippen LogP contribution in [0.15, 0.2) is 4.47 Å². The number of halogens is 1. The monoisotopic (exact) mass is 380 g/mol. The van der Waals surface area contributed by atoms with E-state index in [0.29, 0.717) is 13.1 Å². The van der Waals surface area contributed by atoms with Crippen LogP contribution in [0.5, 0.6) is 0 Å². The molecule has 0 aliphatic carbocycles. The molecule has 0 saturated heterocycles. The van der Waals surface area contributed by atoms with Gasteiger partial charge in [-0.3, -0.25) is 4.68 Å². The van der Waals surface area contributed by atoms with Crippen LogP contribution in [-0.4, -0.2) is 48.4 Å². The maximum Gasteiger partial charge on any atom is 0.211 e. The Bertz CT molecular complexity index is 557. The van der Waals surface area contributed by atoms with Crippen molar-refractivity contribution in [2.24, 2.45) is 7.05 Å². The molecule has 1 aromatic rings. The normalized spacial score (nSPS) is 12.3. The van der Waals surface area contributed by atoms with Crippen molar-refractivity contribution in [3.8, 4) is 0 Å². The van der Waals surface area contributed by atoms with Gasteiger partial charge in [0.2, 0.25) is 10.0 Å². The second kappa shape index (κ2) is 8.26. The summed E-state index contributed by atoms with van der Waals surface area (Å²) in [6.45, 7) is 6.49. The standard InChI is InChI=1S/C13H25BrN4O2S/c1-5-11-13(14)12(17(3)16-11)10-15-8-7-9-18(6-2)21(4,19)20/h15H,5-10H2,1-4H3. The maximum absolute atomic E-state index is 11.5. The fourth-order valence-electron chi connectivity index (χ4n) is 2.16. The summed E-state index contributed by atoms with van der Waals surface area (Å²) in [7, 11) is -1.15. The number of nitrogens with zero attached hydrogens (tertiary/aromatic N) is 3. The largest absolute Gasteiger partial charge is 0.311 e. The van der Waals surface area contributed by atoms with Crippen LogP contribution in [0.3, 0.4) is 0 Å². The van der Waals surface area contributed by atoms with Crippen LogP contribution in [0.2, 0.25) is 0 Å². The Balaban J connectivity index is 2.40. The molecule has 21 heavy (non-hydrogen) atoms. The first-order chi connectivity index (χ1) is 9.81. The molecule has 0 aromatic carbocycles. The van der Waals surface area contributed by atoms with E-state index in [1.807, 2.05) is 18.7 Å². The summed E-state index contributed by atoms with van der Waals surface area (Å²) < 4.78 is 27.4. The number of rotatable bonds is 9. The lowest BCUT2D eigenvalue weighted by Gasteiger charge is -2.17. The summed E-state index contributed by atoms with van der Waals surface area (Å²) in [5.41, 5.74) is 2.17. The minimum Gasteiger partial charge on any atom is -0.311 e. The molecule has 0 aliphatic rings. The number of sulfonamides is 1. The molecule has 0 aliphatic heterocycles. The second-order valence-electron chi connectivity index (χ2n) is 4.97. The van der Waals surface area contributed by atoms with Crippen LogP contribution in [0.4, 0.5) is 0 Å². The fourth-order valence-corrected chi connectivity index (χ4v) is 3.84. The van der Waals surface area contributed by atoms with Crippen LogP contribution in [0.1, 0.15) is 31.7 Å². The highest BCUT2D eigenvalue weighted by atomic mass is 79.9. The quantitative estimate of drug-likeness (QED) is 0.659. The van der Waals surface area contributed by atoms with E-state index in [0.717, 1.165) is 41.8 Å². The van der Waals surface area contributed by atoms with Gasteiger partial charge in [0.25, 0.3) is 0 Å². The summed E-state index contributed by atoms with van der Waals surface area (Å²) in [5.74, 6) is 0. The predicted molar refractivity (Wildman–Crippen MR) is 88.7 cm³/mol. The Hall–Kier alpha value is -0.440. The van der Waals surface area contributed by atoms with Crippen molar-refractivity contribution in [1.82, 2.24) is 19.4 Å². The Labute approximate surface area is 136 Å². The molecule has 1 rings (SSSR count). The molecule has 0 atom stereocenters. The third-order valence-corrected chi connectivity index (χ3v) is 5.67. The number of aromatic nitrogens is 2. The van der Waals surface area contributed by atoms with Gasteiger partial charge in [-0.15, -0.1) is 0 Å². The van der Waals surface area contributed by atoms with Gasteiger partial charge < -0.3 is 5.32 Å². The molecule has 0 saturated carbocycles. The van der Waals surface area contributed by atoms with Gasteiger partial charge in [0.05, 0.1) is 22.1 Å². The highest BCUT2D eigenvalue weighted by Gasteiger charge is 2.14. The van der Waals surface area contributed by atoms with Crippen molar-refractivity contribution in [2.75, 3.05) is 25.9 Å². The van der Waals surface area contributed by atoms with Gasteiger partial charge in [-0.05, 0) is 35.3 Å². The van der Waals surface area contributed by atoms with Crippen LogP contribution in [-0.2, 0) is 30.0 Å². The summed E-state index contributed by atoms with van der Waals surface area (Å²) in [4.78, 5) is 0. The summed E-state index contributed by atoms with van der Waals surface area (Å²) in [5, 5.41) is 7.78. The van der Waals surface area contributed by atoms with Gasteiger partial charge in [-0.25, -0.2) is 12.7 Å². The second-order valence-corrected chi connectivity index (χ2v) is 7.74. The SMILES string of the molecule is CCc1nn(C)c(CNCCCN(CC)S(C)(=O)=O)c1Br. The molecular formula is C13H25BrN4O2S. The van der Waals surface area contributed by atoms with Gasteiger partial charge >= 0.3 is 0 Å². The van der Waals surface area contributed by atoms with E-state index in [4.69, 9.17) is 0 Å². The molecule has 1 aromatic heterocycles. The first kappa shape index (κ1) is 18.6. The van der Waals surface area contributed by atoms with Crippen molar-refractivity contribution in [2.45, 2.75) is 33.2 Å². The van der Waals surface area contributed by atoms with Gasteiger partial charge in [-0.2, -0.15) is 5.10 Å². The zero-order chi connectivity index (χ0) is 16.0. The first-order valence-corrected chi connectivity index (χ1v) is 9.81. The first-order valence-electron chi connectivity index (χ1n) is 7.17. The molecule has 0 unspecified atom stereocenters. The topological polar surface area (TPSA) is 67.2 Å². The van der Waals surface area contributed by atoms with Gasteiger partial charge in [0.1, 0.15) is 0 Å². The van der Waals surface area contributed by atoms with E-state index >= 15 is 0 Å². The van der Waals surface area contributed by atoms with E-state index in [-0.39, 0.29) is 0 Å². The van der Waals surface area contributed by atoms with E-state index in [1.54, 1.807) is 0 Å². The summed E-state index contributed by atoms with van der Waals surface area (Å²) in [6, 6.07) is 0. The van der Waals surface area contributed by atoms with Crippen LogP contribution >= 0.6 is 15.9 Å². The zero-order valence-corrected chi connectivity index (χ0v) is 15.6. The van der Waals surface area contributed by atoms with Crippen molar-refractivity contribution in [3.63, 3.8) is 0 Å². The van der Waals surface area contributed by atoms with Crippen molar-refractivity contribution >= 4 is 26.0 Å². The van der Waals surface area contributed by atoms with Crippen molar-refractivity contribution in [3.05, 3.63) is 15.9 Å². The lowest BCUT2D eigenvalue weighted by Crippen LogP contribution is -2.32. The number of nitrogens with one attached hydrogen (secondary N) is 1.